The first-order chi connectivity index (χ1) is 15.9. The third-order valence-corrected chi connectivity index (χ3v) is 7.83. The Morgan fingerprint density at radius 1 is 1.18 bits per heavy atom. The Kier molecular flexibility index (Phi) is 7.11. The van der Waals surface area contributed by atoms with Crippen LogP contribution >= 0.6 is 0 Å². The summed E-state index contributed by atoms with van der Waals surface area (Å²) in [6, 6.07) is 11.8. The van der Waals surface area contributed by atoms with Crippen molar-refractivity contribution in [3.63, 3.8) is 0 Å². The fourth-order valence-electron chi connectivity index (χ4n) is 4.07. The number of hydrogen-bond donors (Lipinski definition) is 0. The summed E-state index contributed by atoms with van der Waals surface area (Å²) in [7, 11) is -3.98. The van der Waals surface area contributed by atoms with Gasteiger partial charge in [-0.15, -0.1) is 0 Å². The van der Waals surface area contributed by atoms with E-state index in [9.17, 15) is 13.2 Å². The van der Waals surface area contributed by atoms with Crippen molar-refractivity contribution >= 4 is 26.8 Å². The molecule has 1 amide bonds. The molecule has 0 N–H and O–H groups in total. The number of para-hydroxylation sites is 1. The minimum atomic E-state index is -3.98. The second-order valence-corrected chi connectivity index (χ2v) is 10.3. The van der Waals surface area contributed by atoms with E-state index in [0.29, 0.717) is 24.4 Å². The Morgan fingerprint density at radius 3 is 2.70 bits per heavy atom. The van der Waals surface area contributed by atoms with Crippen LogP contribution in [-0.2, 0) is 26.1 Å². The lowest BCUT2D eigenvalue weighted by Crippen LogP contribution is -2.47. The normalized spacial score (nSPS) is 16.7. The van der Waals surface area contributed by atoms with Crippen LogP contribution in [-0.4, -0.2) is 60.4 Å². The molecule has 1 aliphatic heterocycles. The van der Waals surface area contributed by atoms with Gasteiger partial charge < -0.3 is 14.1 Å². The summed E-state index contributed by atoms with van der Waals surface area (Å²) in [5, 5.41) is 0.728. The lowest BCUT2D eigenvalue weighted by atomic mass is 10.2. The van der Waals surface area contributed by atoms with Crippen molar-refractivity contribution in [1.82, 2.24) is 14.2 Å². The van der Waals surface area contributed by atoms with Crippen LogP contribution in [0.5, 0.6) is 0 Å². The van der Waals surface area contributed by atoms with E-state index in [1.165, 1.54) is 10.4 Å². The van der Waals surface area contributed by atoms with Gasteiger partial charge in [0, 0.05) is 30.8 Å². The molecule has 9 heteroatoms. The molecule has 33 heavy (non-hydrogen) atoms. The number of carbonyl (C=O) groups excluding carboxylic acids is 1. The van der Waals surface area contributed by atoms with Crippen LogP contribution in [0.1, 0.15) is 32.4 Å². The SMILES string of the molecule is CC(C)N(CC(=O)N(Cc1ccco1)CC1CCCO1)S(=O)(=O)c1cccc2cccnc12. The molecule has 3 aromatic rings. The van der Waals surface area contributed by atoms with Gasteiger partial charge in [0.2, 0.25) is 15.9 Å². The summed E-state index contributed by atoms with van der Waals surface area (Å²) in [6.45, 7) is 4.57. The maximum atomic E-state index is 13.7. The predicted molar refractivity (Wildman–Crippen MR) is 124 cm³/mol. The van der Waals surface area contributed by atoms with Gasteiger partial charge in [-0.2, -0.15) is 4.31 Å². The summed E-state index contributed by atoms with van der Waals surface area (Å²) in [6.07, 6.45) is 4.89. The molecule has 2 aromatic heterocycles. The smallest absolute Gasteiger partial charge is 0.245 e. The molecule has 0 aliphatic carbocycles. The van der Waals surface area contributed by atoms with E-state index in [0.717, 1.165) is 18.2 Å². The molecule has 0 saturated carbocycles. The van der Waals surface area contributed by atoms with Crippen LogP contribution in [0.3, 0.4) is 0 Å². The third-order valence-electron chi connectivity index (χ3n) is 5.78. The molecule has 1 atom stereocenters. The topological polar surface area (TPSA) is 93.0 Å². The number of carbonyl (C=O) groups is 1. The average Bonchev–Trinajstić information content (AvgIpc) is 3.50. The van der Waals surface area contributed by atoms with Crippen molar-refractivity contribution < 1.29 is 22.4 Å². The highest BCUT2D eigenvalue weighted by Gasteiger charge is 2.33. The van der Waals surface area contributed by atoms with Crippen LogP contribution in [0.25, 0.3) is 10.9 Å². The highest BCUT2D eigenvalue weighted by Crippen LogP contribution is 2.26. The molecule has 0 bridgehead atoms. The number of fused-ring (bicyclic) bond motifs is 1. The molecule has 8 nitrogen and oxygen atoms in total. The molecule has 1 fully saturated rings. The number of furan rings is 1. The Balaban J connectivity index is 1.61. The van der Waals surface area contributed by atoms with Crippen LogP contribution in [0.2, 0.25) is 0 Å². The predicted octanol–water partition coefficient (Wildman–Crippen LogP) is 3.43. The first-order valence-corrected chi connectivity index (χ1v) is 12.6. The van der Waals surface area contributed by atoms with Gasteiger partial charge in [-0.05, 0) is 51.0 Å². The molecule has 3 heterocycles. The minimum absolute atomic E-state index is 0.0599. The number of sulfonamides is 1. The van der Waals surface area contributed by atoms with E-state index >= 15 is 0 Å². The average molecular weight is 472 g/mol. The Labute approximate surface area is 194 Å². The summed E-state index contributed by atoms with van der Waals surface area (Å²) in [5.74, 6) is 0.339. The van der Waals surface area contributed by atoms with Crippen LogP contribution in [0.4, 0.5) is 0 Å². The standard InChI is InChI=1S/C24H29N3O5S/c1-18(2)27(33(29,30)22-11-3-7-19-8-4-12-25-24(19)22)17-23(28)26(15-20-9-5-13-31-20)16-21-10-6-14-32-21/h3-5,7-9,11-13,18,21H,6,10,14-17H2,1-2H3. The lowest BCUT2D eigenvalue weighted by Gasteiger charge is -2.30. The first-order valence-electron chi connectivity index (χ1n) is 11.1. The maximum Gasteiger partial charge on any atom is 0.245 e. The molecule has 4 rings (SSSR count). The van der Waals surface area contributed by atoms with Gasteiger partial charge in [0.15, 0.2) is 0 Å². The van der Waals surface area contributed by atoms with Crippen molar-refractivity contribution in [3.8, 4) is 0 Å². The molecule has 176 valence electrons. The number of benzene rings is 1. The van der Waals surface area contributed by atoms with Gasteiger partial charge in [-0.3, -0.25) is 9.78 Å². The monoisotopic (exact) mass is 471 g/mol. The van der Waals surface area contributed by atoms with Crippen molar-refractivity contribution in [3.05, 3.63) is 60.7 Å². The van der Waals surface area contributed by atoms with E-state index in [-0.39, 0.29) is 30.0 Å². The van der Waals surface area contributed by atoms with Crippen LogP contribution in [0.15, 0.2) is 64.2 Å². The number of nitrogens with zero attached hydrogens (tertiary/aromatic N) is 3. The number of aromatic nitrogens is 1. The van der Waals surface area contributed by atoms with Gasteiger partial charge >= 0.3 is 0 Å². The van der Waals surface area contributed by atoms with Gasteiger partial charge in [0.05, 0.1) is 31.0 Å². The summed E-state index contributed by atoms with van der Waals surface area (Å²) in [4.78, 5) is 19.4. The third kappa shape index (κ3) is 5.26. The number of hydrogen-bond acceptors (Lipinski definition) is 6. The maximum absolute atomic E-state index is 13.7. The zero-order valence-electron chi connectivity index (χ0n) is 18.9. The summed E-state index contributed by atoms with van der Waals surface area (Å²) in [5.41, 5.74) is 0.393. The highest BCUT2D eigenvalue weighted by atomic mass is 32.2. The number of rotatable bonds is 9. The number of pyridine rings is 1. The fraction of sp³-hybridized carbons (Fsp3) is 0.417. The van der Waals surface area contributed by atoms with Crippen molar-refractivity contribution in [2.75, 3.05) is 19.7 Å². The Hall–Kier alpha value is -2.75. The molecule has 1 aliphatic rings. The zero-order valence-corrected chi connectivity index (χ0v) is 19.7. The van der Waals surface area contributed by atoms with Gasteiger partial charge in [-0.25, -0.2) is 8.42 Å². The van der Waals surface area contributed by atoms with Crippen molar-refractivity contribution in [2.24, 2.45) is 0 Å². The summed E-state index contributed by atoms with van der Waals surface area (Å²) < 4.78 is 39.8. The van der Waals surface area contributed by atoms with E-state index in [1.807, 2.05) is 12.1 Å². The lowest BCUT2D eigenvalue weighted by molar-refractivity contribution is -0.134. The quantitative estimate of drug-likeness (QED) is 0.475. The Bertz CT molecular complexity index is 1180. The molecular formula is C24H29N3O5S. The second kappa shape index (κ2) is 10.0. The van der Waals surface area contributed by atoms with Gasteiger partial charge in [-0.1, -0.05) is 18.2 Å². The zero-order chi connectivity index (χ0) is 23.4. The van der Waals surface area contributed by atoms with Gasteiger partial charge in [0.25, 0.3) is 0 Å². The van der Waals surface area contributed by atoms with E-state index in [1.54, 1.807) is 55.5 Å². The molecule has 1 saturated heterocycles. The minimum Gasteiger partial charge on any atom is -0.467 e. The molecule has 0 radical (unpaired) electrons. The number of ether oxygens (including phenoxy) is 1. The first kappa shape index (κ1) is 23.4. The molecule has 1 aromatic carbocycles. The molecule has 1 unspecified atom stereocenters. The fourth-order valence-corrected chi connectivity index (χ4v) is 5.82. The van der Waals surface area contributed by atoms with E-state index < -0.39 is 16.1 Å². The van der Waals surface area contributed by atoms with Crippen LogP contribution in [0, 0.1) is 0 Å². The highest BCUT2D eigenvalue weighted by molar-refractivity contribution is 7.89. The van der Waals surface area contributed by atoms with E-state index in [2.05, 4.69) is 4.98 Å². The molecular weight excluding hydrogens is 442 g/mol. The number of amides is 1. The largest absolute Gasteiger partial charge is 0.467 e. The van der Waals surface area contributed by atoms with E-state index in [4.69, 9.17) is 9.15 Å². The van der Waals surface area contributed by atoms with Crippen LogP contribution < -0.4 is 0 Å². The van der Waals surface area contributed by atoms with Crippen molar-refractivity contribution in [2.45, 2.75) is 50.3 Å². The molecule has 0 spiro atoms. The summed E-state index contributed by atoms with van der Waals surface area (Å²) >= 11 is 0. The van der Waals surface area contributed by atoms with Crippen molar-refractivity contribution in [1.29, 1.82) is 0 Å². The van der Waals surface area contributed by atoms with Gasteiger partial charge in [0.1, 0.15) is 10.7 Å². The Morgan fingerprint density at radius 2 is 2.00 bits per heavy atom. The second-order valence-electron chi connectivity index (χ2n) is 8.46.